The number of ether oxygens (including phenoxy) is 1. The first kappa shape index (κ1) is 15.4. The standard InChI is InChI=1S/C15H18N4O4/c1-18-12-11(14(21)19(2)15(18)22)5-10(7-16-12)13(20)17-6-9-3-4-23-8-9/h5,7,9H,3-4,6,8H2,1-2H3,(H,17,20)/t9-/m0/s1. The number of fused-ring (bicyclic) bond motifs is 1. The summed E-state index contributed by atoms with van der Waals surface area (Å²) in [6.07, 6.45) is 2.31. The van der Waals surface area contributed by atoms with Crippen LogP contribution in [-0.2, 0) is 18.8 Å². The highest BCUT2D eigenvalue weighted by molar-refractivity contribution is 5.96. The van der Waals surface area contributed by atoms with Crippen molar-refractivity contribution in [2.75, 3.05) is 19.8 Å². The maximum absolute atomic E-state index is 12.2. The van der Waals surface area contributed by atoms with E-state index in [1.807, 2.05) is 0 Å². The van der Waals surface area contributed by atoms with Crippen LogP contribution in [0, 0.1) is 5.92 Å². The van der Waals surface area contributed by atoms with Crippen molar-refractivity contribution in [3.63, 3.8) is 0 Å². The molecule has 122 valence electrons. The molecule has 3 heterocycles. The molecule has 0 aliphatic carbocycles. The average molecular weight is 318 g/mol. The van der Waals surface area contributed by atoms with Crippen molar-refractivity contribution in [3.8, 4) is 0 Å². The number of amides is 1. The van der Waals surface area contributed by atoms with Crippen LogP contribution in [0.5, 0.6) is 0 Å². The lowest BCUT2D eigenvalue weighted by molar-refractivity contribution is 0.0945. The van der Waals surface area contributed by atoms with Gasteiger partial charge in [0.15, 0.2) is 0 Å². The molecule has 1 fully saturated rings. The highest BCUT2D eigenvalue weighted by Gasteiger charge is 2.18. The van der Waals surface area contributed by atoms with Gasteiger partial charge in [-0.05, 0) is 12.5 Å². The minimum Gasteiger partial charge on any atom is -0.381 e. The highest BCUT2D eigenvalue weighted by Crippen LogP contribution is 2.11. The summed E-state index contributed by atoms with van der Waals surface area (Å²) in [7, 11) is 2.94. The van der Waals surface area contributed by atoms with Crippen LogP contribution < -0.4 is 16.6 Å². The van der Waals surface area contributed by atoms with Crippen LogP contribution in [0.25, 0.3) is 11.0 Å². The predicted molar refractivity (Wildman–Crippen MR) is 83.5 cm³/mol. The van der Waals surface area contributed by atoms with E-state index in [-0.39, 0.29) is 16.9 Å². The normalized spacial score (nSPS) is 17.6. The molecule has 23 heavy (non-hydrogen) atoms. The number of carbonyl (C=O) groups is 1. The molecule has 2 aromatic heterocycles. The Hall–Kier alpha value is -2.48. The molecule has 0 bridgehead atoms. The fourth-order valence-electron chi connectivity index (χ4n) is 2.67. The maximum atomic E-state index is 12.2. The quantitative estimate of drug-likeness (QED) is 0.815. The van der Waals surface area contributed by atoms with E-state index in [1.54, 1.807) is 0 Å². The summed E-state index contributed by atoms with van der Waals surface area (Å²) in [5.74, 6) is 0.0308. The second-order valence-electron chi connectivity index (χ2n) is 5.74. The van der Waals surface area contributed by atoms with Gasteiger partial charge in [-0.1, -0.05) is 0 Å². The fourth-order valence-corrected chi connectivity index (χ4v) is 2.67. The molecule has 0 saturated carbocycles. The third-order valence-corrected chi connectivity index (χ3v) is 4.13. The van der Waals surface area contributed by atoms with Gasteiger partial charge in [-0.25, -0.2) is 9.78 Å². The van der Waals surface area contributed by atoms with Gasteiger partial charge in [0.05, 0.1) is 17.6 Å². The SMILES string of the molecule is Cn1c(=O)c2cc(C(=O)NC[C@@H]3CCOC3)cnc2n(C)c1=O. The monoisotopic (exact) mass is 318 g/mol. The van der Waals surface area contributed by atoms with Gasteiger partial charge in [0, 0.05) is 39.4 Å². The number of nitrogens with one attached hydrogen (secondary N) is 1. The number of carbonyl (C=O) groups excluding carboxylic acids is 1. The summed E-state index contributed by atoms with van der Waals surface area (Å²) >= 11 is 0. The van der Waals surface area contributed by atoms with E-state index < -0.39 is 11.2 Å². The molecule has 0 aromatic carbocycles. The zero-order valence-corrected chi connectivity index (χ0v) is 13.0. The Labute approximate surface area is 131 Å². The molecule has 0 spiro atoms. The minimum absolute atomic E-state index is 0.242. The summed E-state index contributed by atoms with van der Waals surface area (Å²) < 4.78 is 7.55. The topological polar surface area (TPSA) is 95.2 Å². The molecule has 8 heteroatoms. The summed E-state index contributed by atoms with van der Waals surface area (Å²) in [6.45, 7) is 1.91. The Morgan fingerprint density at radius 3 is 2.87 bits per heavy atom. The Morgan fingerprint density at radius 1 is 1.39 bits per heavy atom. The van der Waals surface area contributed by atoms with Crippen LogP contribution >= 0.6 is 0 Å². The first-order valence-electron chi connectivity index (χ1n) is 7.40. The van der Waals surface area contributed by atoms with Crippen LogP contribution in [0.4, 0.5) is 0 Å². The molecular weight excluding hydrogens is 300 g/mol. The number of rotatable bonds is 3. The van der Waals surface area contributed by atoms with E-state index in [2.05, 4.69) is 10.3 Å². The van der Waals surface area contributed by atoms with E-state index in [9.17, 15) is 14.4 Å². The largest absolute Gasteiger partial charge is 0.381 e. The predicted octanol–water partition coefficient (Wildman–Crippen LogP) is -0.601. The molecule has 0 unspecified atom stereocenters. The molecule has 1 aliphatic rings. The third-order valence-electron chi connectivity index (χ3n) is 4.13. The van der Waals surface area contributed by atoms with E-state index >= 15 is 0 Å². The van der Waals surface area contributed by atoms with Crippen molar-refractivity contribution < 1.29 is 9.53 Å². The van der Waals surface area contributed by atoms with Gasteiger partial charge in [0.2, 0.25) is 0 Å². The molecule has 0 radical (unpaired) electrons. The van der Waals surface area contributed by atoms with E-state index in [0.717, 1.165) is 17.6 Å². The van der Waals surface area contributed by atoms with Crippen LogP contribution in [0.1, 0.15) is 16.8 Å². The van der Waals surface area contributed by atoms with Crippen molar-refractivity contribution in [1.29, 1.82) is 0 Å². The first-order chi connectivity index (χ1) is 11.0. The summed E-state index contributed by atoms with van der Waals surface area (Å²) in [4.78, 5) is 40.4. The van der Waals surface area contributed by atoms with Crippen LogP contribution in [0.3, 0.4) is 0 Å². The first-order valence-corrected chi connectivity index (χ1v) is 7.40. The lowest BCUT2D eigenvalue weighted by Crippen LogP contribution is -2.37. The lowest BCUT2D eigenvalue weighted by atomic mass is 10.1. The maximum Gasteiger partial charge on any atom is 0.332 e. The van der Waals surface area contributed by atoms with Crippen LogP contribution in [0.2, 0.25) is 0 Å². The van der Waals surface area contributed by atoms with Gasteiger partial charge in [-0.2, -0.15) is 0 Å². The molecule has 1 atom stereocenters. The Kier molecular flexibility index (Phi) is 3.99. The molecule has 2 aromatic rings. The number of aryl methyl sites for hydroxylation is 1. The molecule has 3 rings (SSSR count). The van der Waals surface area contributed by atoms with Gasteiger partial charge < -0.3 is 10.1 Å². The molecular formula is C15H18N4O4. The lowest BCUT2D eigenvalue weighted by Gasteiger charge is -2.10. The second kappa shape index (κ2) is 5.96. The zero-order valence-electron chi connectivity index (χ0n) is 13.0. The number of hydrogen-bond donors (Lipinski definition) is 1. The molecule has 8 nitrogen and oxygen atoms in total. The Morgan fingerprint density at radius 2 is 2.17 bits per heavy atom. The summed E-state index contributed by atoms with van der Waals surface area (Å²) in [5.41, 5.74) is -0.353. The number of pyridine rings is 1. The van der Waals surface area contributed by atoms with Gasteiger partial charge in [0.1, 0.15) is 5.65 Å². The fraction of sp³-hybridized carbons (Fsp3) is 0.467. The smallest absolute Gasteiger partial charge is 0.332 e. The number of nitrogens with zero attached hydrogens (tertiary/aromatic N) is 3. The summed E-state index contributed by atoms with van der Waals surface area (Å²) in [6, 6.07) is 1.48. The molecule has 1 amide bonds. The van der Waals surface area contributed by atoms with Gasteiger partial charge in [0.25, 0.3) is 11.5 Å². The van der Waals surface area contributed by atoms with Crippen LogP contribution in [0.15, 0.2) is 21.9 Å². The molecule has 1 N–H and O–H groups in total. The van der Waals surface area contributed by atoms with Crippen molar-refractivity contribution in [3.05, 3.63) is 38.7 Å². The van der Waals surface area contributed by atoms with Crippen molar-refractivity contribution in [2.45, 2.75) is 6.42 Å². The van der Waals surface area contributed by atoms with E-state index in [0.29, 0.717) is 24.6 Å². The highest BCUT2D eigenvalue weighted by atomic mass is 16.5. The van der Waals surface area contributed by atoms with Crippen molar-refractivity contribution in [2.24, 2.45) is 20.0 Å². The molecule has 1 aliphatic heterocycles. The minimum atomic E-state index is -0.463. The zero-order chi connectivity index (χ0) is 16.6. The van der Waals surface area contributed by atoms with Gasteiger partial charge in [-0.15, -0.1) is 0 Å². The van der Waals surface area contributed by atoms with Crippen LogP contribution in [-0.4, -0.2) is 39.8 Å². The van der Waals surface area contributed by atoms with Crippen molar-refractivity contribution in [1.82, 2.24) is 19.4 Å². The number of hydrogen-bond acceptors (Lipinski definition) is 5. The Balaban J connectivity index is 1.92. The number of aromatic nitrogens is 3. The third kappa shape index (κ3) is 2.77. The van der Waals surface area contributed by atoms with E-state index in [1.165, 1.54) is 30.9 Å². The molecule has 1 saturated heterocycles. The second-order valence-corrected chi connectivity index (χ2v) is 5.74. The van der Waals surface area contributed by atoms with Crippen molar-refractivity contribution >= 4 is 16.9 Å². The summed E-state index contributed by atoms with van der Waals surface area (Å²) in [5, 5.41) is 3.07. The van der Waals surface area contributed by atoms with Gasteiger partial charge >= 0.3 is 5.69 Å². The van der Waals surface area contributed by atoms with E-state index in [4.69, 9.17) is 4.74 Å². The van der Waals surface area contributed by atoms with Gasteiger partial charge in [-0.3, -0.25) is 18.7 Å². The Bertz CT molecular complexity index is 877. The average Bonchev–Trinajstić information content (AvgIpc) is 3.08.